The van der Waals surface area contributed by atoms with Crippen LogP contribution in [0.1, 0.15) is 27.4 Å². The Morgan fingerprint density at radius 2 is 1.43 bits per heavy atom. The lowest BCUT2D eigenvalue weighted by Gasteiger charge is -2.13. The van der Waals surface area contributed by atoms with Crippen LogP contribution in [0.3, 0.4) is 0 Å². The molecule has 3 aromatic carbocycles. The molecule has 3 aromatic rings. The summed E-state index contributed by atoms with van der Waals surface area (Å²) in [4.78, 5) is 36.7. The quantitative estimate of drug-likeness (QED) is 0.180. The van der Waals surface area contributed by atoms with E-state index in [2.05, 4.69) is 5.32 Å². The Morgan fingerprint density at radius 3 is 2.05 bits per heavy atom. The SMILES string of the molecule is O=C(Nc1ccc(F)c(NC(=O)C(F)F)c1F)c1cc(NC(=O)[C@H]2[C@H](c3ccc(F)c(C(F)(F)F)c3)C2(Cl)Cl)cc(F)c1F. The molecule has 3 N–H and O–H groups in total. The number of rotatable bonds is 7. The molecule has 3 amide bonds. The Bertz CT molecular complexity index is 1680. The van der Waals surface area contributed by atoms with E-state index in [1.807, 2.05) is 0 Å². The van der Waals surface area contributed by atoms with Crippen LogP contribution >= 0.6 is 23.2 Å². The van der Waals surface area contributed by atoms with E-state index in [1.54, 1.807) is 5.32 Å². The first-order chi connectivity index (χ1) is 20.3. The van der Waals surface area contributed by atoms with E-state index in [0.717, 1.165) is 6.07 Å². The zero-order valence-electron chi connectivity index (χ0n) is 21.0. The monoisotopic (exact) mass is 675 g/mol. The van der Waals surface area contributed by atoms with Crippen LogP contribution in [0.5, 0.6) is 0 Å². The minimum atomic E-state index is -5.09. The Balaban J connectivity index is 1.56. The third kappa shape index (κ3) is 6.40. The molecule has 0 unspecified atom stereocenters. The van der Waals surface area contributed by atoms with Gasteiger partial charge in [0.1, 0.15) is 21.7 Å². The van der Waals surface area contributed by atoms with Gasteiger partial charge in [-0.25, -0.2) is 22.0 Å². The van der Waals surface area contributed by atoms with E-state index in [9.17, 15) is 58.3 Å². The van der Waals surface area contributed by atoms with Crippen molar-refractivity contribution in [1.29, 1.82) is 0 Å². The summed E-state index contributed by atoms with van der Waals surface area (Å²) in [5, 5.41) is 5.08. The molecule has 0 bridgehead atoms. The van der Waals surface area contributed by atoms with Crippen molar-refractivity contribution in [3.8, 4) is 0 Å². The number of nitrogens with one attached hydrogen (secondary N) is 3. The fourth-order valence-corrected chi connectivity index (χ4v) is 5.03. The highest BCUT2D eigenvalue weighted by Gasteiger charge is 2.67. The van der Waals surface area contributed by atoms with Crippen LogP contribution in [0.25, 0.3) is 0 Å². The summed E-state index contributed by atoms with van der Waals surface area (Å²) in [6, 6.07) is 3.83. The standard InChI is InChI=1S/C26H13Cl2F10N3O3/c27-25(28)16(8-1-2-12(29)11(5-8)26(36,37)38)17(25)23(43)39-9-6-10(18(32)14(31)7-9)22(42)40-15-4-3-13(30)20(19(15)33)41-24(44)21(34)35/h1-7,16-17,21H,(H,39,43)(H,40,42)(H,41,44)/t16-,17+/m0/s1. The van der Waals surface area contributed by atoms with Crippen LogP contribution in [-0.4, -0.2) is 28.5 Å². The summed E-state index contributed by atoms with van der Waals surface area (Å²) < 4.78 is 134. The molecule has 1 saturated carbocycles. The molecule has 0 radical (unpaired) electrons. The van der Waals surface area contributed by atoms with Crippen molar-refractivity contribution in [3.05, 3.63) is 88.2 Å². The van der Waals surface area contributed by atoms with E-state index in [4.69, 9.17) is 23.2 Å². The fourth-order valence-electron chi connectivity index (χ4n) is 4.20. The van der Waals surface area contributed by atoms with Gasteiger partial charge in [0.25, 0.3) is 11.8 Å². The number of amides is 3. The summed E-state index contributed by atoms with van der Waals surface area (Å²) in [7, 11) is 0. The van der Waals surface area contributed by atoms with Crippen molar-refractivity contribution in [2.75, 3.05) is 16.0 Å². The second-order valence-corrected chi connectivity index (χ2v) is 10.6. The molecule has 44 heavy (non-hydrogen) atoms. The normalized spacial score (nSPS) is 17.3. The summed E-state index contributed by atoms with van der Waals surface area (Å²) in [5.74, 6) is -16.0. The third-order valence-electron chi connectivity index (χ3n) is 6.32. The largest absolute Gasteiger partial charge is 0.419 e. The minimum absolute atomic E-state index is 0.264. The Kier molecular flexibility index (Phi) is 8.81. The highest BCUT2D eigenvalue weighted by molar-refractivity contribution is 6.53. The molecule has 4 rings (SSSR count). The number of halogens is 12. The molecule has 0 aromatic heterocycles. The molecule has 0 heterocycles. The van der Waals surface area contributed by atoms with Crippen LogP contribution in [-0.2, 0) is 15.8 Å². The van der Waals surface area contributed by atoms with Gasteiger partial charge in [-0.1, -0.05) is 6.07 Å². The lowest BCUT2D eigenvalue weighted by Crippen LogP contribution is -2.23. The lowest BCUT2D eigenvalue weighted by atomic mass is 10.0. The Hall–Kier alpha value is -4.05. The van der Waals surface area contributed by atoms with Gasteiger partial charge in [0, 0.05) is 17.7 Å². The molecular formula is C26H13Cl2F10N3O3. The van der Waals surface area contributed by atoms with Gasteiger partial charge in [-0.05, 0) is 35.9 Å². The number of alkyl halides is 7. The van der Waals surface area contributed by atoms with E-state index in [-0.39, 0.29) is 5.56 Å². The van der Waals surface area contributed by atoms with Crippen molar-refractivity contribution in [2.45, 2.75) is 22.9 Å². The molecule has 6 nitrogen and oxygen atoms in total. The van der Waals surface area contributed by atoms with Crippen molar-refractivity contribution < 1.29 is 58.3 Å². The molecule has 1 fully saturated rings. The van der Waals surface area contributed by atoms with Gasteiger partial charge < -0.3 is 16.0 Å². The van der Waals surface area contributed by atoms with Gasteiger partial charge in [0.2, 0.25) is 5.91 Å². The molecular weight excluding hydrogens is 663 g/mol. The summed E-state index contributed by atoms with van der Waals surface area (Å²) in [5.41, 5.74) is -6.02. The lowest BCUT2D eigenvalue weighted by molar-refractivity contribution is -0.140. The Morgan fingerprint density at radius 1 is 0.795 bits per heavy atom. The van der Waals surface area contributed by atoms with Gasteiger partial charge in [-0.15, -0.1) is 23.2 Å². The highest BCUT2D eigenvalue weighted by atomic mass is 35.5. The smallest absolute Gasteiger partial charge is 0.326 e. The first-order valence-electron chi connectivity index (χ1n) is 11.8. The molecule has 234 valence electrons. The number of hydrogen-bond acceptors (Lipinski definition) is 3. The predicted molar refractivity (Wildman–Crippen MR) is 136 cm³/mol. The molecule has 0 saturated heterocycles. The molecule has 1 aliphatic rings. The third-order valence-corrected chi connectivity index (χ3v) is 7.26. The van der Waals surface area contributed by atoms with Crippen LogP contribution in [0.15, 0.2) is 42.5 Å². The van der Waals surface area contributed by atoms with Gasteiger partial charge >= 0.3 is 12.6 Å². The maximum absolute atomic E-state index is 14.7. The van der Waals surface area contributed by atoms with Crippen LogP contribution in [0.4, 0.5) is 61.0 Å². The average molecular weight is 676 g/mol. The predicted octanol–water partition coefficient (Wildman–Crippen LogP) is 7.38. The number of anilines is 3. The number of carbonyl (C=O) groups is 3. The zero-order chi connectivity index (χ0) is 32.9. The highest BCUT2D eigenvalue weighted by Crippen LogP contribution is 2.65. The number of carbonyl (C=O) groups excluding carboxylic acids is 3. The van der Waals surface area contributed by atoms with Crippen LogP contribution < -0.4 is 16.0 Å². The van der Waals surface area contributed by atoms with E-state index >= 15 is 0 Å². The molecule has 18 heteroatoms. The number of benzene rings is 3. The van der Waals surface area contributed by atoms with Crippen LogP contribution in [0, 0.1) is 35.0 Å². The molecule has 0 aliphatic heterocycles. The number of hydrogen-bond donors (Lipinski definition) is 3. The first kappa shape index (κ1) is 32.9. The zero-order valence-corrected chi connectivity index (χ0v) is 22.5. The maximum Gasteiger partial charge on any atom is 0.419 e. The topological polar surface area (TPSA) is 87.3 Å². The molecule has 0 spiro atoms. The molecule has 1 aliphatic carbocycles. The van der Waals surface area contributed by atoms with E-state index in [1.165, 1.54) is 5.32 Å². The average Bonchev–Trinajstić information content (AvgIpc) is 3.51. The first-order valence-corrected chi connectivity index (χ1v) is 12.5. The molecule has 2 atom stereocenters. The van der Waals surface area contributed by atoms with Crippen molar-refractivity contribution in [2.24, 2.45) is 5.92 Å². The summed E-state index contributed by atoms with van der Waals surface area (Å²) in [6.45, 7) is 0. The second kappa shape index (κ2) is 11.8. The summed E-state index contributed by atoms with van der Waals surface area (Å²) in [6.07, 6.45) is -8.75. The maximum atomic E-state index is 14.7. The van der Waals surface area contributed by atoms with Crippen molar-refractivity contribution in [1.82, 2.24) is 0 Å². The van der Waals surface area contributed by atoms with Gasteiger partial charge in [-0.3, -0.25) is 14.4 Å². The summed E-state index contributed by atoms with van der Waals surface area (Å²) >= 11 is 12.2. The van der Waals surface area contributed by atoms with Gasteiger partial charge in [0.15, 0.2) is 17.5 Å². The van der Waals surface area contributed by atoms with Gasteiger partial charge in [0.05, 0.1) is 22.7 Å². The minimum Gasteiger partial charge on any atom is -0.326 e. The van der Waals surface area contributed by atoms with Crippen LogP contribution in [0.2, 0.25) is 0 Å². The fraction of sp³-hybridized carbons (Fsp3) is 0.192. The van der Waals surface area contributed by atoms with Crippen molar-refractivity contribution in [3.63, 3.8) is 0 Å². The van der Waals surface area contributed by atoms with E-state index in [0.29, 0.717) is 36.4 Å². The van der Waals surface area contributed by atoms with E-state index < -0.39 is 104 Å². The van der Waals surface area contributed by atoms with Crippen molar-refractivity contribution >= 4 is 58.0 Å². The second-order valence-electron chi connectivity index (χ2n) is 9.20. The van der Waals surface area contributed by atoms with Gasteiger partial charge in [-0.2, -0.15) is 22.0 Å². The Labute approximate surface area is 249 Å².